The highest BCUT2D eigenvalue weighted by Gasteiger charge is 2.31. The Balaban J connectivity index is 1.74. The molecule has 1 aromatic carbocycles. The summed E-state index contributed by atoms with van der Waals surface area (Å²) in [6, 6.07) is 9.15. The first-order valence-electron chi connectivity index (χ1n) is 7.87. The minimum atomic E-state index is 0.442. The van der Waals surface area contributed by atoms with Crippen LogP contribution in [0.5, 0.6) is 0 Å². The standard InChI is InChI=1S/C18H25N3/c1-14-9-16(12-18(2,3)11-14)20-15-5-4-6-17(10-15)21-8-7-19-13-21/h4-8,10,13-14,16,20H,9,11-12H2,1-3H3. The van der Waals surface area contributed by atoms with Crippen LogP contribution < -0.4 is 5.32 Å². The maximum atomic E-state index is 4.12. The van der Waals surface area contributed by atoms with Crippen LogP contribution in [-0.2, 0) is 0 Å². The first-order valence-corrected chi connectivity index (χ1v) is 7.87. The monoisotopic (exact) mass is 283 g/mol. The van der Waals surface area contributed by atoms with Crippen molar-refractivity contribution >= 4 is 5.69 Å². The molecule has 3 nitrogen and oxygen atoms in total. The number of aromatic nitrogens is 2. The van der Waals surface area contributed by atoms with E-state index in [-0.39, 0.29) is 0 Å². The molecule has 0 radical (unpaired) electrons. The molecule has 0 saturated heterocycles. The van der Waals surface area contributed by atoms with Gasteiger partial charge in [0.25, 0.3) is 0 Å². The van der Waals surface area contributed by atoms with Gasteiger partial charge in [0, 0.05) is 29.8 Å². The van der Waals surface area contributed by atoms with Crippen LogP contribution >= 0.6 is 0 Å². The Morgan fingerprint density at radius 3 is 2.86 bits per heavy atom. The fourth-order valence-electron chi connectivity index (χ4n) is 3.86. The van der Waals surface area contributed by atoms with Crippen molar-refractivity contribution in [2.45, 2.75) is 46.1 Å². The number of hydrogen-bond donors (Lipinski definition) is 1. The number of hydrogen-bond acceptors (Lipinski definition) is 2. The summed E-state index contributed by atoms with van der Waals surface area (Å²) in [5.41, 5.74) is 2.80. The van der Waals surface area contributed by atoms with Crippen molar-refractivity contribution in [1.82, 2.24) is 9.55 Å². The maximum absolute atomic E-state index is 4.12. The van der Waals surface area contributed by atoms with E-state index in [9.17, 15) is 0 Å². The van der Waals surface area contributed by atoms with E-state index in [1.807, 2.05) is 23.3 Å². The van der Waals surface area contributed by atoms with E-state index >= 15 is 0 Å². The minimum absolute atomic E-state index is 0.442. The predicted octanol–water partition coefficient (Wildman–Crippen LogP) is 4.50. The van der Waals surface area contributed by atoms with Crippen LogP contribution in [0.4, 0.5) is 5.69 Å². The third kappa shape index (κ3) is 3.46. The highest BCUT2D eigenvalue weighted by atomic mass is 15.0. The largest absolute Gasteiger partial charge is 0.382 e. The molecule has 3 heteroatoms. The molecule has 2 aromatic rings. The Kier molecular flexibility index (Phi) is 3.75. The van der Waals surface area contributed by atoms with Gasteiger partial charge < -0.3 is 9.88 Å². The van der Waals surface area contributed by atoms with E-state index in [2.05, 4.69) is 55.3 Å². The second kappa shape index (κ2) is 5.55. The molecular weight excluding hydrogens is 258 g/mol. The maximum Gasteiger partial charge on any atom is 0.0991 e. The third-order valence-electron chi connectivity index (χ3n) is 4.41. The highest BCUT2D eigenvalue weighted by Crippen LogP contribution is 2.39. The Morgan fingerprint density at radius 2 is 2.14 bits per heavy atom. The van der Waals surface area contributed by atoms with E-state index in [4.69, 9.17) is 0 Å². The molecule has 1 fully saturated rings. The lowest BCUT2D eigenvalue weighted by Crippen LogP contribution is -2.35. The molecule has 1 saturated carbocycles. The summed E-state index contributed by atoms with van der Waals surface area (Å²) in [6.07, 6.45) is 9.47. The molecule has 1 aromatic heterocycles. The molecule has 2 atom stereocenters. The Bertz CT molecular complexity index is 586. The smallest absolute Gasteiger partial charge is 0.0991 e. The molecule has 1 N–H and O–H groups in total. The summed E-state index contributed by atoms with van der Waals surface area (Å²) in [5, 5.41) is 3.74. The van der Waals surface area contributed by atoms with Gasteiger partial charge in [-0.1, -0.05) is 26.8 Å². The van der Waals surface area contributed by atoms with Gasteiger partial charge in [0.05, 0.1) is 6.33 Å². The highest BCUT2D eigenvalue weighted by molar-refractivity contribution is 5.51. The number of rotatable bonds is 3. The Labute approximate surface area is 127 Å². The quantitative estimate of drug-likeness (QED) is 0.899. The van der Waals surface area contributed by atoms with Gasteiger partial charge >= 0.3 is 0 Å². The van der Waals surface area contributed by atoms with Crippen molar-refractivity contribution in [3.05, 3.63) is 43.0 Å². The molecule has 1 heterocycles. The van der Waals surface area contributed by atoms with Crippen LogP contribution in [0.3, 0.4) is 0 Å². The average molecular weight is 283 g/mol. The number of nitrogens with zero attached hydrogens (tertiary/aromatic N) is 2. The van der Waals surface area contributed by atoms with Crippen molar-refractivity contribution in [3.63, 3.8) is 0 Å². The fraction of sp³-hybridized carbons (Fsp3) is 0.500. The van der Waals surface area contributed by atoms with Gasteiger partial charge in [-0.25, -0.2) is 4.98 Å². The SMILES string of the molecule is CC1CC(Nc2cccc(-n3ccnc3)c2)CC(C)(C)C1. The molecule has 21 heavy (non-hydrogen) atoms. The van der Waals surface area contributed by atoms with E-state index in [0.717, 1.165) is 11.6 Å². The molecule has 1 aliphatic carbocycles. The molecule has 0 aliphatic heterocycles. The van der Waals surface area contributed by atoms with E-state index in [1.165, 1.54) is 24.9 Å². The van der Waals surface area contributed by atoms with Gasteiger partial charge in [-0.2, -0.15) is 0 Å². The number of benzene rings is 1. The zero-order chi connectivity index (χ0) is 14.9. The second-order valence-electron chi connectivity index (χ2n) is 7.27. The van der Waals surface area contributed by atoms with Crippen molar-refractivity contribution in [2.75, 3.05) is 5.32 Å². The van der Waals surface area contributed by atoms with Crippen molar-refractivity contribution in [3.8, 4) is 5.69 Å². The number of nitrogens with one attached hydrogen (secondary N) is 1. The van der Waals surface area contributed by atoms with E-state index in [0.29, 0.717) is 11.5 Å². The Hall–Kier alpha value is -1.77. The lowest BCUT2D eigenvalue weighted by Gasteiger charge is -2.39. The lowest BCUT2D eigenvalue weighted by atomic mass is 9.70. The molecule has 0 amide bonds. The predicted molar refractivity (Wildman–Crippen MR) is 87.8 cm³/mol. The van der Waals surface area contributed by atoms with Crippen LogP contribution in [0, 0.1) is 11.3 Å². The lowest BCUT2D eigenvalue weighted by molar-refractivity contribution is 0.178. The van der Waals surface area contributed by atoms with Crippen LogP contribution in [0.25, 0.3) is 5.69 Å². The summed E-state index contributed by atoms with van der Waals surface area (Å²) >= 11 is 0. The molecule has 1 aliphatic rings. The first kappa shape index (κ1) is 14.2. The number of imidazole rings is 1. The van der Waals surface area contributed by atoms with Gasteiger partial charge in [-0.05, 0) is 48.8 Å². The average Bonchev–Trinajstić information content (AvgIpc) is 2.90. The molecule has 112 valence electrons. The number of anilines is 1. The molecule has 0 spiro atoms. The fourth-order valence-corrected chi connectivity index (χ4v) is 3.86. The van der Waals surface area contributed by atoms with Crippen molar-refractivity contribution < 1.29 is 0 Å². The zero-order valence-electron chi connectivity index (χ0n) is 13.2. The summed E-state index contributed by atoms with van der Waals surface area (Å²) in [6.45, 7) is 7.15. The molecule has 3 rings (SSSR count). The van der Waals surface area contributed by atoms with Crippen LogP contribution in [-0.4, -0.2) is 15.6 Å². The van der Waals surface area contributed by atoms with E-state index in [1.54, 1.807) is 0 Å². The molecular formula is C18H25N3. The summed E-state index contributed by atoms with van der Waals surface area (Å²) in [5.74, 6) is 0.795. The van der Waals surface area contributed by atoms with Gasteiger partial charge in [0.15, 0.2) is 0 Å². The van der Waals surface area contributed by atoms with Crippen LogP contribution in [0.1, 0.15) is 40.0 Å². The van der Waals surface area contributed by atoms with Gasteiger partial charge in [0.2, 0.25) is 0 Å². The topological polar surface area (TPSA) is 29.9 Å². The molecule has 0 bridgehead atoms. The van der Waals surface area contributed by atoms with Crippen LogP contribution in [0.15, 0.2) is 43.0 Å². The normalized spacial score (nSPS) is 24.7. The third-order valence-corrected chi connectivity index (χ3v) is 4.41. The minimum Gasteiger partial charge on any atom is -0.382 e. The zero-order valence-corrected chi connectivity index (χ0v) is 13.2. The summed E-state index contributed by atoms with van der Waals surface area (Å²) in [7, 11) is 0. The Morgan fingerprint density at radius 1 is 1.29 bits per heavy atom. The van der Waals surface area contributed by atoms with Gasteiger partial charge in [-0.3, -0.25) is 0 Å². The van der Waals surface area contributed by atoms with Crippen molar-refractivity contribution in [2.24, 2.45) is 11.3 Å². The van der Waals surface area contributed by atoms with Crippen molar-refractivity contribution in [1.29, 1.82) is 0 Å². The summed E-state index contributed by atoms with van der Waals surface area (Å²) < 4.78 is 2.04. The second-order valence-corrected chi connectivity index (χ2v) is 7.27. The van der Waals surface area contributed by atoms with Gasteiger partial charge in [0.1, 0.15) is 0 Å². The van der Waals surface area contributed by atoms with Gasteiger partial charge in [-0.15, -0.1) is 0 Å². The first-order chi connectivity index (χ1) is 10.0. The summed E-state index contributed by atoms with van der Waals surface area (Å²) in [4.78, 5) is 4.12. The van der Waals surface area contributed by atoms with Crippen LogP contribution in [0.2, 0.25) is 0 Å². The molecule has 2 unspecified atom stereocenters. The van der Waals surface area contributed by atoms with E-state index < -0.39 is 0 Å².